The van der Waals surface area contributed by atoms with Crippen LogP contribution in [0.1, 0.15) is 27.5 Å². The topological polar surface area (TPSA) is 59.2 Å². The Morgan fingerprint density at radius 1 is 1.12 bits per heavy atom. The van der Waals surface area contributed by atoms with E-state index in [9.17, 15) is 4.79 Å². The minimum absolute atomic E-state index is 0.306. The first-order valence-electron chi connectivity index (χ1n) is 8.07. The summed E-state index contributed by atoms with van der Waals surface area (Å²) in [6, 6.07) is 11.7. The summed E-state index contributed by atoms with van der Waals surface area (Å²) in [4.78, 5) is 21.7. The Kier molecular flexibility index (Phi) is 5.91. The first-order valence-corrected chi connectivity index (χ1v) is 8.83. The number of aldehydes is 1. The molecule has 0 fully saturated rings. The maximum absolute atomic E-state index is 11.1. The third kappa shape index (κ3) is 4.62. The molecule has 0 aliphatic rings. The molecule has 0 bridgehead atoms. The number of nitrogens with zero attached hydrogens (tertiary/aromatic N) is 3. The number of hydrogen-bond acceptors (Lipinski definition) is 5. The van der Waals surface area contributed by atoms with Gasteiger partial charge in [0.05, 0.1) is 17.3 Å². The van der Waals surface area contributed by atoms with Crippen molar-refractivity contribution >= 4 is 35.5 Å². The van der Waals surface area contributed by atoms with E-state index in [-0.39, 0.29) is 0 Å². The minimum Gasteiger partial charge on any atom is -0.428 e. The Balaban J connectivity index is 1.80. The lowest BCUT2D eigenvalue weighted by Crippen LogP contribution is -2.26. The fourth-order valence-corrected chi connectivity index (χ4v) is 2.73. The molecule has 7 heteroatoms. The molecule has 0 aliphatic heterocycles. The van der Waals surface area contributed by atoms with Gasteiger partial charge in [0.1, 0.15) is 11.5 Å². The van der Waals surface area contributed by atoms with Gasteiger partial charge in [0.15, 0.2) is 6.29 Å². The summed E-state index contributed by atoms with van der Waals surface area (Å²) in [5, 5.41) is 1.28. The van der Waals surface area contributed by atoms with Gasteiger partial charge in [-0.15, -0.1) is 0 Å². The van der Waals surface area contributed by atoms with E-state index in [2.05, 4.69) is 9.97 Å². The highest BCUT2D eigenvalue weighted by Crippen LogP contribution is 2.21. The zero-order valence-corrected chi connectivity index (χ0v) is 15.7. The van der Waals surface area contributed by atoms with Crippen molar-refractivity contribution in [1.82, 2.24) is 9.97 Å². The van der Waals surface area contributed by atoms with Crippen molar-refractivity contribution in [2.45, 2.75) is 19.9 Å². The molecular weight excluding hydrogens is 373 g/mol. The van der Waals surface area contributed by atoms with Gasteiger partial charge in [0.2, 0.25) is 0 Å². The largest absolute Gasteiger partial charge is 0.428 e. The lowest BCUT2D eigenvalue weighted by molar-refractivity contribution is 0.111. The third-order valence-corrected chi connectivity index (χ3v) is 4.40. The smallest absolute Gasteiger partial charge is 0.298 e. The van der Waals surface area contributed by atoms with E-state index in [1.54, 1.807) is 19.2 Å². The van der Waals surface area contributed by atoms with Crippen molar-refractivity contribution in [3.63, 3.8) is 0 Å². The van der Waals surface area contributed by atoms with E-state index < -0.39 is 0 Å². The number of carbonyl (C=O) groups excluding carboxylic acids is 1. The predicted molar refractivity (Wildman–Crippen MR) is 102 cm³/mol. The van der Waals surface area contributed by atoms with Crippen LogP contribution in [-0.4, -0.2) is 22.8 Å². The maximum atomic E-state index is 11.1. The van der Waals surface area contributed by atoms with Crippen LogP contribution >= 0.6 is 23.2 Å². The van der Waals surface area contributed by atoms with Crippen molar-refractivity contribution in [2.75, 3.05) is 11.4 Å². The van der Waals surface area contributed by atoms with Crippen LogP contribution < -0.4 is 4.90 Å². The number of aryl methyl sites for hydroxylation is 1. The highest BCUT2D eigenvalue weighted by atomic mass is 35.5. The molecule has 0 aliphatic carbocycles. The second kappa shape index (κ2) is 8.34. The summed E-state index contributed by atoms with van der Waals surface area (Å²) in [6.07, 6.45) is 3.06. The number of oxazole rings is 1. The number of carbonyl (C=O) groups is 1. The summed E-state index contributed by atoms with van der Waals surface area (Å²) in [7, 11) is 0. The molecule has 0 atom stereocenters. The molecule has 0 radical (unpaired) electrons. The maximum Gasteiger partial charge on any atom is 0.298 e. The fourth-order valence-electron chi connectivity index (χ4n) is 2.49. The van der Waals surface area contributed by atoms with E-state index in [4.69, 9.17) is 27.6 Å². The molecule has 0 unspecified atom stereocenters. The molecule has 0 saturated heterocycles. The number of benzene rings is 1. The van der Waals surface area contributed by atoms with Crippen molar-refractivity contribution < 1.29 is 9.21 Å². The van der Waals surface area contributed by atoms with Crippen molar-refractivity contribution in [2.24, 2.45) is 0 Å². The summed E-state index contributed by atoms with van der Waals surface area (Å²) in [6.45, 7) is 2.85. The molecule has 5 nitrogen and oxygen atoms in total. The third-order valence-electron chi connectivity index (χ3n) is 3.93. The van der Waals surface area contributed by atoms with Crippen molar-refractivity contribution in [3.8, 4) is 0 Å². The van der Waals surface area contributed by atoms with Gasteiger partial charge in [0.25, 0.3) is 6.01 Å². The summed E-state index contributed by atoms with van der Waals surface area (Å²) in [5.74, 6) is 0.496. The summed E-state index contributed by atoms with van der Waals surface area (Å²) >= 11 is 11.8. The molecule has 2 aromatic heterocycles. The zero-order valence-electron chi connectivity index (χ0n) is 14.2. The molecule has 0 spiro atoms. The second-order valence-corrected chi connectivity index (χ2v) is 6.69. The molecular formula is C19H17Cl2N3O2. The molecule has 0 N–H and O–H groups in total. The van der Waals surface area contributed by atoms with E-state index in [0.717, 1.165) is 17.7 Å². The van der Waals surface area contributed by atoms with E-state index in [1.165, 1.54) is 0 Å². The van der Waals surface area contributed by atoms with Gasteiger partial charge in [-0.1, -0.05) is 35.3 Å². The summed E-state index contributed by atoms with van der Waals surface area (Å²) < 4.78 is 5.68. The number of aromatic nitrogens is 2. The summed E-state index contributed by atoms with van der Waals surface area (Å²) in [5.41, 5.74) is 2.27. The van der Waals surface area contributed by atoms with Gasteiger partial charge < -0.3 is 9.32 Å². The average Bonchev–Trinajstić information content (AvgIpc) is 3.02. The van der Waals surface area contributed by atoms with Gasteiger partial charge in [-0.25, -0.2) is 0 Å². The normalized spacial score (nSPS) is 10.7. The van der Waals surface area contributed by atoms with Crippen LogP contribution in [-0.2, 0) is 13.0 Å². The molecule has 0 saturated carbocycles. The highest BCUT2D eigenvalue weighted by molar-refractivity contribution is 6.30. The Morgan fingerprint density at radius 3 is 2.46 bits per heavy atom. The van der Waals surface area contributed by atoms with Gasteiger partial charge in [-0.05, 0) is 43.2 Å². The van der Waals surface area contributed by atoms with Crippen molar-refractivity contribution in [1.29, 1.82) is 0 Å². The van der Waals surface area contributed by atoms with E-state index in [1.807, 2.05) is 35.2 Å². The number of hydrogen-bond donors (Lipinski definition) is 0. The van der Waals surface area contributed by atoms with Gasteiger partial charge in [-0.2, -0.15) is 4.98 Å². The van der Waals surface area contributed by atoms with Crippen LogP contribution in [0.5, 0.6) is 0 Å². The Bertz CT molecular complexity index is 877. The highest BCUT2D eigenvalue weighted by Gasteiger charge is 2.17. The minimum atomic E-state index is 0.306. The molecule has 2 heterocycles. The number of anilines is 1. The monoisotopic (exact) mass is 389 g/mol. The molecule has 3 rings (SSSR count). The number of pyridine rings is 1. The Labute approximate surface area is 161 Å². The molecule has 3 aromatic rings. The number of rotatable bonds is 7. The van der Waals surface area contributed by atoms with Crippen LogP contribution in [0, 0.1) is 6.92 Å². The van der Waals surface area contributed by atoms with Gasteiger partial charge >= 0.3 is 0 Å². The molecule has 26 heavy (non-hydrogen) atoms. The molecule has 134 valence electrons. The molecule has 0 amide bonds. The standard InChI is InChI=1S/C19H17Cl2N3O2/c1-13-18(12-25)23-19(26-13)24(11-17-7-6-16(21)10-22-17)9-8-14-2-4-15(20)5-3-14/h2-7,10,12H,8-9,11H2,1H3. The number of halogens is 2. The lowest BCUT2D eigenvalue weighted by atomic mass is 10.1. The first kappa shape index (κ1) is 18.4. The van der Waals surface area contributed by atoms with Crippen LogP contribution in [0.2, 0.25) is 10.0 Å². The SMILES string of the molecule is Cc1oc(N(CCc2ccc(Cl)cc2)Cc2ccc(Cl)cn2)nc1C=O. The molecule has 1 aromatic carbocycles. The van der Waals surface area contributed by atoms with Gasteiger partial charge in [-0.3, -0.25) is 9.78 Å². The fraction of sp³-hybridized carbons (Fsp3) is 0.211. The van der Waals surface area contributed by atoms with Crippen LogP contribution in [0.4, 0.5) is 6.01 Å². The van der Waals surface area contributed by atoms with Gasteiger partial charge in [0, 0.05) is 17.8 Å². The quantitative estimate of drug-likeness (QED) is 0.545. The Morgan fingerprint density at radius 2 is 1.85 bits per heavy atom. The zero-order chi connectivity index (χ0) is 18.5. The van der Waals surface area contributed by atoms with E-state index >= 15 is 0 Å². The van der Waals surface area contributed by atoms with Crippen LogP contribution in [0.15, 0.2) is 47.0 Å². The van der Waals surface area contributed by atoms with E-state index in [0.29, 0.717) is 46.9 Å². The Hall–Kier alpha value is -2.37. The van der Waals surface area contributed by atoms with Crippen molar-refractivity contribution in [3.05, 3.63) is 75.4 Å². The second-order valence-electron chi connectivity index (χ2n) is 5.82. The van der Waals surface area contributed by atoms with Crippen LogP contribution in [0.25, 0.3) is 0 Å². The predicted octanol–water partition coefficient (Wildman–Crippen LogP) is 4.75. The first-order chi connectivity index (χ1) is 12.5. The lowest BCUT2D eigenvalue weighted by Gasteiger charge is -2.20. The average molecular weight is 390 g/mol. The van der Waals surface area contributed by atoms with Crippen LogP contribution in [0.3, 0.4) is 0 Å².